The van der Waals surface area contributed by atoms with Gasteiger partial charge in [0.25, 0.3) is 0 Å². The van der Waals surface area contributed by atoms with E-state index < -0.39 is 0 Å². The molecule has 0 saturated heterocycles. The Morgan fingerprint density at radius 3 is 2.29 bits per heavy atom. The molecule has 0 amide bonds. The molecule has 0 bridgehead atoms. The Kier molecular flexibility index (Phi) is 10.5. The van der Waals surface area contributed by atoms with Crippen LogP contribution in [-0.2, 0) is 6.42 Å². The largest absolute Gasteiger partial charge is 0.329 e. The molecule has 35 heavy (non-hydrogen) atoms. The number of benzene rings is 3. The third-order valence-corrected chi connectivity index (χ3v) is 5.91. The number of nitrogens with zero attached hydrogens (tertiary/aromatic N) is 4. The van der Waals surface area contributed by atoms with Gasteiger partial charge in [-0.1, -0.05) is 67.6 Å². The molecule has 3 aromatic rings. The van der Waals surface area contributed by atoms with Crippen LogP contribution in [0.1, 0.15) is 43.0 Å². The van der Waals surface area contributed by atoms with Gasteiger partial charge in [0.1, 0.15) is 0 Å². The first-order valence-electron chi connectivity index (χ1n) is 11.5. The monoisotopic (exact) mass is 487 g/mol. The smallest absolute Gasteiger partial charge is 0.0992 e. The van der Waals surface area contributed by atoms with Crippen LogP contribution in [0.5, 0.6) is 0 Å². The molecule has 0 fully saturated rings. The van der Waals surface area contributed by atoms with Gasteiger partial charge in [0.15, 0.2) is 0 Å². The zero-order valence-electron chi connectivity index (χ0n) is 21.2. The second-order valence-electron chi connectivity index (χ2n) is 8.37. The molecule has 6 heteroatoms. The minimum absolute atomic E-state index is 0.128. The first kappa shape index (κ1) is 27.7. The lowest BCUT2D eigenvalue weighted by molar-refractivity contribution is 0.313. The molecule has 0 saturated carbocycles. The van der Waals surface area contributed by atoms with Crippen LogP contribution in [0.15, 0.2) is 90.2 Å². The lowest BCUT2D eigenvalue weighted by Crippen LogP contribution is -2.42. The number of nitrogens with two attached hydrogens (primary N) is 1. The number of allylic oxidation sites excluding steroid dienone is 1. The Bertz CT molecular complexity index is 1190. The SMILES string of the molecule is C=C(C)N(c1ccccc1/C(=N\N)c1ccc(Cl)cc1)C(C)N(C)C.CCc1cccc(C#N)c1. The molecule has 0 radical (unpaired) electrons. The fourth-order valence-electron chi connectivity index (χ4n) is 3.61. The summed E-state index contributed by atoms with van der Waals surface area (Å²) < 4.78 is 0. The summed E-state index contributed by atoms with van der Waals surface area (Å²) in [6.07, 6.45) is 1.12. The first-order chi connectivity index (χ1) is 16.7. The van der Waals surface area contributed by atoms with Crippen LogP contribution in [-0.4, -0.2) is 30.9 Å². The van der Waals surface area contributed by atoms with E-state index in [1.54, 1.807) is 0 Å². The minimum atomic E-state index is 0.128. The van der Waals surface area contributed by atoms with E-state index in [4.69, 9.17) is 22.7 Å². The zero-order valence-corrected chi connectivity index (χ0v) is 21.9. The number of hydrogen-bond donors (Lipinski definition) is 1. The van der Waals surface area contributed by atoms with Gasteiger partial charge in [-0.15, -0.1) is 0 Å². The summed E-state index contributed by atoms with van der Waals surface area (Å²) in [6.45, 7) is 10.4. The third kappa shape index (κ3) is 7.45. The van der Waals surface area contributed by atoms with Crippen molar-refractivity contribution in [1.82, 2.24) is 4.90 Å². The van der Waals surface area contributed by atoms with Crippen molar-refractivity contribution in [2.45, 2.75) is 33.4 Å². The fraction of sp³-hybridized carbons (Fsp3) is 0.241. The highest BCUT2D eigenvalue weighted by atomic mass is 35.5. The molecule has 5 nitrogen and oxygen atoms in total. The van der Waals surface area contributed by atoms with Crippen molar-refractivity contribution in [3.05, 3.63) is 112 Å². The van der Waals surface area contributed by atoms with Gasteiger partial charge in [0.05, 0.1) is 29.2 Å². The predicted molar refractivity (Wildman–Crippen MR) is 149 cm³/mol. The molecule has 182 valence electrons. The Hall–Kier alpha value is -3.59. The molecule has 0 aliphatic carbocycles. The summed E-state index contributed by atoms with van der Waals surface area (Å²) in [4.78, 5) is 4.31. The van der Waals surface area contributed by atoms with E-state index in [1.165, 1.54) is 5.56 Å². The van der Waals surface area contributed by atoms with Crippen molar-refractivity contribution < 1.29 is 0 Å². The molecule has 3 rings (SSSR count). The van der Waals surface area contributed by atoms with Gasteiger partial charge < -0.3 is 10.7 Å². The van der Waals surface area contributed by atoms with Crippen molar-refractivity contribution in [2.24, 2.45) is 10.9 Å². The Labute approximate surface area is 214 Å². The van der Waals surface area contributed by atoms with Gasteiger partial charge in [-0.05, 0) is 70.3 Å². The maximum atomic E-state index is 8.51. The van der Waals surface area contributed by atoms with E-state index in [2.05, 4.69) is 47.5 Å². The molecule has 0 spiro atoms. The number of para-hydroxylation sites is 1. The van der Waals surface area contributed by atoms with Gasteiger partial charge in [0, 0.05) is 21.8 Å². The van der Waals surface area contributed by atoms with Crippen molar-refractivity contribution in [3.63, 3.8) is 0 Å². The van der Waals surface area contributed by atoms with Gasteiger partial charge in [-0.3, -0.25) is 4.90 Å². The second kappa shape index (κ2) is 13.3. The summed E-state index contributed by atoms with van der Waals surface area (Å²) in [7, 11) is 4.08. The molecule has 0 aliphatic rings. The number of anilines is 1. The van der Waals surface area contributed by atoms with Gasteiger partial charge in [-0.2, -0.15) is 10.4 Å². The normalized spacial score (nSPS) is 11.8. The summed E-state index contributed by atoms with van der Waals surface area (Å²) in [5.74, 6) is 5.76. The van der Waals surface area contributed by atoms with Gasteiger partial charge in [0.2, 0.25) is 0 Å². The lowest BCUT2D eigenvalue weighted by atomic mass is 9.99. The average Bonchev–Trinajstić information content (AvgIpc) is 2.86. The Balaban J connectivity index is 0.000000360. The maximum Gasteiger partial charge on any atom is 0.0992 e. The minimum Gasteiger partial charge on any atom is -0.329 e. The summed E-state index contributed by atoms with van der Waals surface area (Å²) in [5.41, 5.74) is 6.50. The quantitative estimate of drug-likeness (QED) is 0.181. The van der Waals surface area contributed by atoms with E-state index >= 15 is 0 Å². The van der Waals surface area contributed by atoms with E-state index in [-0.39, 0.29) is 6.17 Å². The number of aryl methyl sites for hydroxylation is 1. The van der Waals surface area contributed by atoms with E-state index in [0.29, 0.717) is 10.7 Å². The van der Waals surface area contributed by atoms with Crippen LogP contribution < -0.4 is 10.7 Å². The molecule has 2 N–H and O–H groups in total. The highest BCUT2D eigenvalue weighted by Crippen LogP contribution is 2.29. The Morgan fingerprint density at radius 1 is 1.09 bits per heavy atom. The summed E-state index contributed by atoms with van der Waals surface area (Å²) in [5, 5.41) is 13.3. The van der Waals surface area contributed by atoms with Crippen LogP contribution in [0.3, 0.4) is 0 Å². The number of nitriles is 1. The topological polar surface area (TPSA) is 68.7 Å². The van der Waals surface area contributed by atoms with E-state index in [0.717, 1.165) is 34.5 Å². The maximum absolute atomic E-state index is 8.51. The molecule has 0 aromatic heterocycles. The van der Waals surface area contributed by atoms with Crippen molar-refractivity contribution in [3.8, 4) is 6.07 Å². The standard InChI is InChI=1S/C20H25ClN4.C9H9N/c1-14(2)25(15(3)24(4)5)19-9-7-6-8-18(19)20(23-22)16-10-12-17(21)13-11-16;1-2-8-4-3-5-9(6-8)7-10/h6-13,15H,1,22H2,2-5H3;3-6H,2H2,1H3/b23-20-;. The third-order valence-electron chi connectivity index (χ3n) is 5.66. The van der Waals surface area contributed by atoms with Gasteiger partial charge in [-0.25, -0.2) is 0 Å². The fourth-order valence-corrected chi connectivity index (χ4v) is 3.73. The number of hydrazone groups is 1. The molecule has 0 aliphatic heterocycles. The highest BCUT2D eigenvalue weighted by molar-refractivity contribution is 6.30. The van der Waals surface area contributed by atoms with E-state index in [1.807, 2.05) is 87.7 Å². The Morgan fingerprint density at radius 2 is 1.74 bits per heavy atom. The lowest BCUT2D eigenvalue weighted by Gasteiger charge is -2.36. The highest BCUT2D eigenvalue weighted by Gasteiger charge is 2.22. The summed E-state index contributed by atoms with van der Waals surface area (Å²) in [6, 6.07) is 25.4. The molecular formula is C29H34ClN5. The molecule has 1 atom stereocenters. The zero-order chi connectivity index (χ0) is 26.0. The molecule has 3 aromatic carbocycles. The average molecular weight is 488 g/mol. The van der Waals surface area contributed by atoms with Crippen LogP contribution in [0, 0.1) is 11.3 Å². The van der Waals surface area contributed by atoms with Crippen LogP contribution in [0.2, 0.25) is 5.02 Å². The first-order valence-corrected chi connectivity index (χ1v) is 11.8. The summed E-state index contributed by atoms with van der Waals surface area (Å²) >= 11 is 6.01. The van der Waals surface area contributed by atoms with Crippen molar-refractivity contribution >= 4 is 23.0 Å². The number of hydrogen-bond acceptors (Lipinski definition) is 5. The van der Waals surface area contributed by atoms with Gasteiger partial charge >= 0.3 is 0 Å². The number of halogens is 1. The molecule has 1 unspecified atom stereocenters. The number of rotatable bonds is 7. The second-order valence-corrected chi connectivity index (χ2v) is 8.80. The van der Waals surface area contributed by atoms with E-state index in [9.17, 15) is 0 Å². The van der Waals surface area contributed by atoms with Crippen molar-refractivity contribution in [1.29, 1.82) is 5.26 Å². The predicted octanol–water partition coefficient (Wildman–Crippen LogP) is 6.42. The van der Waals surface area contributed by atoms with Crippen LogP contribution in [0.4, 0.5) is 5.69 Å². The van der Waals surface area contributed by atoms with Crippen LogP contribution in [0.25, 0.3) is 0 Å². The molecular weight excluding hydrogens is 454 g/mol. The van der Waals surface area contributed by atoms with Crippen molar-refractivity contribution in [2.75, 3.05) is 19.0 Å². The molecule has 0 heterocycles. The van der Waals surface area contributed by atoms with Crippen LogP contribution >= 0.6 is 11.6 Å².